The highest BCUT2D eigenvalue weighted by molar-refractivity contribution is 9.10. The summed E-state index contributed by atoms with van der Waals surface area (Å²) >= 11 is 3.64. The first-order chi connectivity index (χ1) is 7.56. The second-order valence-corrected chi connectivity index (χ2v) is 5.13. The van der Waals surface area contributed by atoms with Gasteiger partial charge >= 0.3 is 0 Å². The lowest BCUT2D eigenvalue weighted by molar-refractivity contribution is 0.724. The highest BCUT2D eigenvalue weighted by Gasteiger charge is 2.08. The van der Waals surface area contributed by atoms with Crippen molar-refractivity contribution in [2.45, 2.75) is 33.4 Å². The fourth-order valence-corrected chi connectivity index (χ4v) is 2.20. The van der Waals surface area contributed by atoms with Crippen molar-refractivity contribution < 1.29 is 0 Å². The highest BCUT2D eigenvalue weighted by Crippen LogP contribution is 2.27. The molecule has 0 fully saturated rings. The summed E-state index contributed by atoms with van der Waals surface area (Å²) in [6.07, 6.45) is 0. The number of halogens is 1. The zero-order valence-corrected chi connectivity index (χ0v) is 12.1. The predicted molar refractivity (Wildman–Crippen MR) is 75.1 cm³/mol. The monoisotopic (exact) mass is 284 g/mol. The maximum Gasteiger partial charge on any atom is 0.0510 e. The van der Waals surface area contributed by atoms with Gasteiger partial charge < -0.3 is 10.2 Å². The third-order valence-corrected chi connectivity index (χ3v) is 3.38. The smallest absolute Gasteiger partial charge is 0.0510 e. The lowest BCUT2D eigenvalue weighted by Crippen LogP contribution is -2.26. The van der Waals surface area contributed by atoms with Gasteiger partial charge in [-0.25, -0.2) is 0 Å². The molecular formula is C13H21BrN2. The maximum absolute atomic E-state index is 3.64. The molecular weight excluding hydrogens is 264 g/mol. The van der Waals surface area contributed by atoms with Gasteiger partial charge in [-0.05, 0) is 54.0 Å². The number of anilines is 1. The molecule has 0 atom stereocenters. The van der Waals surface area contributed by atoms with Gasteiger partial charge in [-0.1, -0.05) is 13.0 Å². The molecule has 0 aliphatic rings. The van der Waals surface area contributed by atoms with Crippen molar-refractivity contribution in [1.29, 1.82) is 0 Å². The van der Waals surface area contributed by atoms with E-state index in [4.69, 9.17) is 0 Å². The SMILES string of the molecule is CCNCc1ccc(N(C)C(C)C)c(Br)c1. The van der Waals surface area contributed by atoms with Crippen LogP contribution < -0.4 is 10.2 Å². The molecule has 0 bridgehead atoms. The van der Waals surface area contributed by atoms with Crippen molar-refractivity contribution in [2.75, 3.05) is 18.5 Å². The minimum atomic E-state index is 0.510. The van der Waals surface area contributed by atoms with Crippen LogP contribution in [0.3, 0.4) is 0 Å². The summed E-state index contributed by atoms with van der Waals surface area (Å²) in [6.45, 7) is 8.44. The Bertz CT molecular complexity index is 337. The van der Waals surface area contributed by atoms with Gasteiger partial charge in [0.25, 0.3) is 0 Å². The lowest BCUT2D eigenvalue weighted by Gasteiger charge is -2.25. The summed E-state index contributed by atoms with van der Waals surface area (Å²) < 4.78 is 1.17. The molecule has 0 aliphatic carbocycles. The van der Waals surface area contributed by atoms with Crippen LogP contribution in [0.5, 0.6) is 0 Å². The molecule has 0 aromatic heterocycles. The third-order valence-electron chi connectivity index (χ3n) is 2.75. The van der Waals surface area contributed by atoms with E-state index in [1.54, 1.807) is 0 Å². The van der Waals surface area contributed by atoms with Gasteiger partial charge in [0.2, 0.25) is 0 Å². The average Bonchev–Trinajstić information content (AvgIpc) is 2.25. The van der Waals surface area contributed by atoms with Crippen molar-refractivity contribution in [3.05, 3.63) is 28.2 Å². The Hall–Kier alpha value is -0.540. The van der Waals surface area contributed by atoms with Crippen LogP contribution >= 0.6 is 15.9 Å². The van der Waals surface area contributed by atoms with Crippen molar-refractivity contribution in [3.63, 3.8) is 0 Å². The summed E-state index contributed by atoms with van der Waals surface area (Å²) in [4.78, 5) is 2.26. The Balaban J connectivity index is 2.82. The van der Waals surface area contributed by atoms with Crippen LogP contribution in [0.25, 0.3) is 0 Å². The van der Waals surface area contributed by atoms with Crippen LogP contribution in [0.1, 0.15) is 26.3 Å². The van der Waals surface area contributed by atoms with Gasteiger partial charge in [0, 0.05) is 24.1 Å². The van der Waals surface area contributed by atoms with Gasteiger partial charge in [0.15, 0.2) is 0 Å². The third kappa shape index (κ3) is 3.49. The summed E-state index contributed by atoms with van der Waals surface area (Å²) in [5.74, 6) is 0. The van der Waals surface area contributed by atoms with Crippen molar-refractivity contribution in [3.8, 4) is 0 Å². The fraction of sp³-hybridized carbons (Fsp3) is 0.538. The molecule has 3 heteroatoms. The molecule has 2 nitrogen and oxygen atoms in total. The van der Waals surface area contributed by atoms with Gasteiger partial charge in [-0.15, -0.1) is 0 Å². The number of benzene rings is 1. The summed E-state index contributed by atoms with van der Waals surface area (Å²) in [5, 5.41) is 3.33. The molecule has 0 aliphatic heterocycles. The Labute approximate surface area is 107 Å². The Morgan fingerprint density at radius 3 is 2.56 bits per heavy atom. The van der Waals surface area contributed by atoms with E-state index in [1.165, 1.54) is 15.7 Å². The lowest BCUT2D eigenvalue weighted by atomic mass is 10.2. The fourth-order valence-electron chi connectivity index (χ4n) is 1.49. The number of hydrogen-bond donors (Lipinski definition) is 1. The van der Waals surface area contributed by atoms with Crippen LogP contribution in [0.4, 0.5) is 5.69 Å². The molecule has 1 rings (SSSR count). The molecule has 16 heavy (non-hydrogen) atoms. The molecule has 0 amide bonds. The first-order valence-electron chi connectivity index (χ1n) is 5.78. The zero-order valence-electron chi connectivity index (χ0n) is 10.5. The number of nitrogens with zero attached hydrogens (tertiary/aromatic N) is 1. The maximum atomic E-state index is 3.64. The molecule has 0 heterocycles. The van der Waals surface area contributed by atoms with E-state index in [9.17, 15) is 0 Å². The Kier molecular flexibility index (Phi) is 5.29. The van der Waals surface area contributed by atoms with Crippen LogP contribution in [-0.4, -0.2) is 19.6 Å². The minimum Gasteiger partial charge on any atom is -0.371 e. The van der Waals surface area contributed by atoms with E-state index in [2.05, 4.69) is 72.2 Å². The molecule has 90 valence electrons. The first-order valence-corrected chi connectivity index (χ1v) is 6.57. The largest absolute Gasteiger partial charge is 0.371 e. The molecule has 0 saturated carbocycles. The topological polar surface area (TPSA) is 15.3 Å². The van der Waals surface area contributed by atoms with Crippen LogP contribution in [0.15, 0.2) is 22.7 Å². The Morgan fingerprint density at radius 1 is 1.38 bits per heavy atom. The summed E-state index contributed by atoms with van der Waals surface area (Å²) in [5.41, 5.74) is 2.56. The van der Waals surface area contributed by atoms with E-state index in [1.807, 2.05) is 0 Å². The van der Waals surface area contributed by atoms with Gasteiger partial charge in [-0.3, -0.25) is 0 Å². The van der Waals surface area contributed by atoms with Crippen LogP contribution in [0, 0.1) is 0 Å². The van der Waals surface area contributed by atoms with E-state index >= 15 is 0 Å². The number of hydrogen-bond acceptors (Lipinski definition) is 2. The number of nitrogens with one attached hydrogen (secondary N) is 1. The molecule has 0 spiro atoms. The summed E-state index contributed by atoms with van der Waals surface area (Å²) in [6, 6.07) is 7.06. The van der Waals surface area contributed by atoms with Crippen molar-refractivity contribution >= 4 is 21.6 Å². The van der Waals surface area contributed by atoms with Crippen LogP contribution in [0.2, 0.25) is 0 Å². The molecule has 0 unspecified atom stereocenters. The second-order valence-electron chi connectivity index (χ2n) is 4.27. The van der Waals surface area contributed by atoms with E-state index < -0.39 is 0 Å². The molecule has 1 aromatic carbocycles. The normalized spacial score (nSPS) is 10.9. The standard InChI is InChI=1S/C13H21BrN2/c1-5-15-9-11-6-7-13(12(14)8-11)16(4)10(2)3/h6-8,10,15H,5,9H2,1-4H3. The molecule has 1 aromatic rings. The van der Waals surface area contributed by atoms with Crippen molar-refractivity contribution in [2.24, 2.45) is 0 Å². The van der Waals surface area contributed by atoms with Gasteiger partial charge in [0.05, 0.1) is 5.69 Å². The highest BCUT2D eigenvalue weighted by atomic mass is 79.9. The van der Waals surface area contributed by atoms with E-state index in [0.29, 0.717) is 6.04 Å². The Morgan fingerprint density at radius 2 is 2.06 bits per heavy atom. The molecule has 1 N–H and O–H groups in total. The molecule has 0 radical (unpaired) electrons. The van der Waals surface area contributed by atoms with Crippen LogP contribution in [-0.2, 0) is 6.54 Å². The quantitative estimate of drug-likeness (QED) is 0.892. The second kappa shape index (κ2) is 6.26. The minimum absolute atomic E-state index is 0.510. The number of rotatable bonds is 5. The van der Waals surface area contributed by atoms with Crippen molar-refractivity contribution in [1.82, 2.24) is 5.32 Å². The first kappa shape index (κ1) is 13.5. The summed E-state index contributed by atoms with van der Waals surface area (Å²) in [7, 11) is 2.12. The predicted octanol–water partition coefficient (Wildman–Crippen LogP) is 3.40. The van der Waals surface area contributed by atoms with Gasteiger partial charge in [0.1, 0.15) is 0 Å². The molecule has 0 saturated heterocycles. The van der Waals surface area contributed by atoms with E-state index in [-0.39, 0.29) is 0 Å². The zero-order chi connectivity index (χ0) is 12.1. The van der Waals surface area contributed by atoms with E-state index in [0.717, 1.165) is 13.1 Å². The van der Waals surface area contributed by atoms with Gasteiger partial charge in [-0.2, -0.15) is 0 Å². The average molecular weight is 285 g/mol.